The summed E-state index contributed by atoms with van der Waals surface area (Å²) in [4.78, 5) is 13.2. The average Bonchev–Trinajstić information content (AvgIpc) is 2.90. The lowest BCUT2D eigenvalue weighted by Gasteiger charge is -2.33. The number of nitrogens with zero attached hydrogens (tertiary/aromatic N) is 3. The first-order chi connectivity index (χ1) is 10.1. The number of thioether (sulfide) groups is 1. The molecule has 1 aromatic rings. The standard InChI is InChI=1S/C15H25N3O2S/c1-3-13(4-2)18-6-5-12(16-18)10-17-7-8-21-11-14(17)9-15(19)20/h5-6,13-14H,3-4,7-11H2,1-2H3,(H,19,20). The molecule has 1 unspecified atom stereocenters. The summed E-state index contributed by atoms with van der Waals surface area (Å²) in [6.45, 7) is 6.06. The largest absolute Gasteiger partial charge is 0.481 e. The zero-order chi connectivity index (χ0) is 15.2. The van der Waals surface area contributed by atoms with Gasteiger partial charge in [-0.2, -0.15) is 16.9 Å². The topological polar surface area (TPSA) is 58.4 Å². The summed E-state index contributed by atoms with van der Waals surface area (Å²) in [5.74, 6) is 1.26. The lowest BCUT2D eigenvalue weighted by atomic mass is 10.2. The number of aliphatic carboxylic acids is 1. The number of carboxylic acid groups (broad SMARTS) is 1. The Hall–Kier alpha value is -1.01. The molecule has 1 aliphatic rings. The van der Waals surface area contributed by atoms with Gasteiger partial charge in [-0.25, -0.2) is 0 Å². The fourth-order valence-electron chi connectivity index (χ4n) is 2.82. The van der Waals surface area contributed by atoms with Crippen molar-refractivity contribution in [3.8, 4) is 0 Å². The molecule has 5 nitrogen and oxygen atoms in total. The van der Waals surface area contributed by atoms with E-state index >= 15 is 0 Å². The second kappa shape index (κ2) is 7.84. The van der Waals surface area contributed by atoms with Gasteiger partial charge in [0.05, 0.1) is 18.2 Å². The summed E-state index contributed by atoms with van der Waals surface area (Å²) in [5.41, 5.74) is 1.05. The minimum atomic E-state index is -0.713. The van der Waals surface area contributed by atoms with Crippen LogP contribution < -0.4 is 0 Å². The summed E-state index contributed by atoms with van der Waals surface area (Å²) in [6.07, 6.45) is 4.44. The van der Waals surface area contributed by atoms with Gasteiger partial charge in [0, 0.05) is 36.8 Å². The fraction of sp³-hybridized carbons (Fsp3) is 0.733. The summed E-state index contributed by atoms with van der Waals surface area (Å²) in [6, 6.07) is 2.66. The van der Waals surface area contributed by atoms with E-state index in [4.69, 9.17) is 5.11 Å². The Morgan fingerprint density at radius 1 is 1.52 bits per heavy atom. The third-order valence-corrected chi connectivity index (χ3v) is 5.20. The van der Waals surface area contributed by atoms with Crippen molar-refractivity contribution in [1.82, 2.24) is 14.7 Å². The summed E-state index contributed by atoms with van der Waals surface area (Å²) < 4.78 is 2.06. The molecular formula is C15H25N3O2S. The number of hydrogen-bond donors (Lipinski definition) is 1. The molecular weight excluding hydrogens is 286 g/mol. The van der Waals surface area contributed by atoms with Crippen molar-refractivity contribution < 1.29 is 9.90 Å². The third-order valence-electron chi connectivity index (χ3n) is 4.10. The molecule has 0 aromatic carbocycles. The molecule has 1 aliphatic heterocycles. The van der Waals surface area contributed by atoms with Crippen LogP contribution in [0.5, 0.6) is 0 Å². The lowest BCUT2D eigenvalue weighted by Crippen LogP contribution is -2.43. The van der Waals surface area contributed by atoms with E-state index in [0.717, 1.165) is 43.1 Å². The molecule has 0 amide bonds. The summed E-state index contributed by atoms with van der Waals surface area (Å²) >= 11 is 1.85. The zero-order valence-corrected chi connectivity index (χ0v) is 13.7. The monoisotopic (exact) mass is 311 g/mol. The van der Waals surface area contributed by atoms with Gasteiger partial charge in [-0.3, -0.25) is 14.4 Å². The molecule has 0 radical (unpaired) electrons. The van der Waals surface area contributed by atoms with Gasteiger partial charge in [0.1, 0.15) is 0 Å². The maximum Gasteiger partial charge on any atom is 0.304 e. The van der Waals surface area contributed by atoms with E-state index in [1.807, 2.05) is 11.8 Å². The molecule has 0 aliphatic carbocycles. The van der Waals surface area contributed by atoms with Crippen molar-refractivity contribution in [2.45, 2.75) is 51.7 Å². The SMILES string of the molecule is CCC(CC)n1ccc(CN2CCSCC2CC(=O)O)n1. The van der Waals surface area contributed by atoms with Crippen molar-refractivity contribution in [3.05, 3.63) is 18.0 Å². The Kier molecular flexibility index (Phi) is 6.11. The average molecular weight is 311 g/mol. The van der Waals surface area contributed by atoms with Crippen LogP contribution in [0.1, 0.15) is 44.8 Å². The molecule has 2 rings (SSSR count). The van der Waals surface area contributed by atoms with Gasteiger partial charge >= 0.3 is 5.97 Å². The van der Waals surface area contributed by atoms with Crippen molar-refractivity contribution in [1.29, 1.82) is 0 Å². The van der Waals surface area contributed by atoms with Crippen LogP contribution in [-0.2, 0) is 11.3 Å². The molecule has 2 heterocycles. The molecule has 21 heavy (non-hydrogen) atoms. The van der Waals surface area contributed by atoms with Gasteiger partial charge in [-0.05, 0) is 18.9 Å². The Morgan fingerprint density at radius 2 is 2.29 bits per heavy atom. The zero-order valence-electron chi connectivity index (χ0n) is 12.9. The Bertz CT molecular complexity index is 460. The first-order valence-electron chi connectivity index (χ1n) is 7.71. The Morgan fingerprint density at radius 3 is 2.95 bits per heavy atom. The minimum absolute atomic E-state index is 0.125. The van der Waals surface area contributed by atoms with Gasteiger partial charge in [-0.15, -0.1) is 0 Å². The highest BCUT2D eigenvalue weighted by atomic mass is 32.2. The van der Waals surface area contributed by atoms with E-state index in [0.29, 0.717) is 6.04 Å². The molecule has 1 aromatic heterocycles. The first-order valence-corrected chi connectivity index (χ1v) is 8.87. The molecule has 6 heteroatoms. The number of carboxylic acids is 1. The van der Waals surface area contributed by atoms with E-state index < -0.39 is 5.97 Å². The second-order valence-corrected chi connectivity index (χ2v) is 6.70. The number of rotatable bonds is 7. The summed E-state index contributed by atoms with van der Waals surface area (Å²) in [7, 11) is 0. The molecule has 1 fully saturated rings. The normalized spacial score (nSPS) is 20.0. The quantitative estimate of drug-likeness (QED) is 0.839. The van der Waals surface area contributed by atoms with E-state index in [-0.39, 0.29) is 12.5 Å². The number of aromatic nitrogens is 2. The van der Waals surface area contributed by atoms with E-state index in [1.54, 1.807) is 0 Å². The van der Waals surface area contributed by atoms with Crippen molar-refractivity contribution in [2.24, 2.45) is 0 Å². The van der Waals surface area contributed by atoms with Crippen LogP contribution >= 0.6 is 11.8 Å². The molecule has 1 N–H and O–H groups in total. The van der Waals surface area contributed by atoms with Crippen LogP contribution in [0, 0.1) is 0 Å². The number of hydrogen-bond acceptors (Lipinski definition) is 4. The van der Waals surface area contributed by atoms with Gasteiger partial charge in [0.15, 0.2) is 0 Å². The highest BCUT2D eigenvalue weighted by molar-refractivity contribution is 7.99. The first kappa shape index (κ1) is 16.4. The van der Waals surface area contributed by atoms with Crippen molar-refractivity contribution in [2.75, 3.05) is 18.1 Å². The highest BCUT2D eigenvalue weighted by Crippen LogP contribution is 2.21. The Labute approximate surface area is 130 Å². The van der Waals surface area contributed by atoms with Crippen LogP contribution in [0.3, 0.4) is 0 Å². The maximum atomic E-state index is 11.0. The van der Waals surface area contributed by atoms with Gasteiger partial charge in [0.2, 0.25) is 0 Å². The van der Waals surface area contributed by atoms with Crippen LogP contribution in [0.25, 0.3) is 0 Å². The maximum absolute atomic E-state index is 11.0. The van der Waals surface area contributed by atoms with Crippen molar-refractivity contribution >= 4 is 17.7 Å². The van der Waals surface area contributed by atoms with E-state index in [2.05, 4.69) is 40.8 Å². The van der Waals surface area contributed by atoms with E-state index in [1.165, 1.54) is 0 Å². The molecule has 1 atom stereocenters. The van der Waals surface area contributed by atoms with Gasteiger partial charge < -0.3 is 5.11 Å². The molecule has 0 saturated carbocycles. The van der Waals surface area contributed by atoms with E-state index in [9.17, 15) is 4.79 Å². The summed E-state index contributed by atoms with van der Waals surface area (Å²) in [5, 5.41) is 13.7. The molecule has 118 valence electrons. The van der Waals surface area contributed by atoms with Crippen LogP contribution in [0.15, 0.2) is 12.3 Å². The number of carbonyl (C=O) groups is 1. The Balaban J connectivity index is 2.00. The third kappa shape index (κ3) is 4.48. The molecule has 0 bridgehead atoms. The van der Waals surface area contributed by atoms with Crippen LogP contribution in [-0.4, -0.2) is 49.8 Å². The molecule has 1 saturated heterocycles. The predicted molar refractivity (Wildman–Crippen MR) is 85.6 cm³/mol. The van der Waals surface area contributed by atoms with Gasteiger partial charge in [0.25, 0.3) is 0 Å². The van der Waals surface area contributed by atoms with Crippen molar-refractivity contribution in [3.63, 3.8) is 0 Å². The molecule has 0 spiro atoms. The smallest absolute Gasteiger partial charge is 0.304 e. The minimum Gasteiger partial charge on any atom is -0.481 e. The van der Waals surface area contributed by atoms with Gasteiger partial charge in [-0.1, -0.05) is 13.8 Å². The fourth-order valence-corrected chi connectivity index (χ4v) is 3.95. The highest BCUT2D eigenvalue weighted by Gasteiger charge is 2.25. The van der Waals surface area contributed by atoms with Crippen LogP contribution in [0.4, 0.5) is 0 Å². The predicted octanol–water partition coefficient (Wildman–Crippen LogP) is 2.64. The second-order valence-electron chi connectivity index (χ2n) is 5.55. The van der Waals surface area contributed by atoms with Crippen LogP contribution in [0.2, 0.25) is 0 Å². The lowest BCUT2D eigenvalue weighted by molar-refractivity contribution is -0.138.